The molecule has 1 aromatic heterocycles. The lowest BCUT2D eigenvalue weighted by molar-refractivity contribution is 0.234. The number of rotatable bonds is 2. The highest BCUT2D eigenvalue weighted by molar-refractivity contribution is 6.95. The SMILES string of the molecule is Cc1cc2c3c(c1)N(c1ccc4ccccc4c1)c1cc4c5c(oc4cc1B3C1=C(N2c2ccc(C(C)(C)C)cc2)C2(CO1)c1ccccc1-c1ccccc12)C(C)(C)CCC5(C)C. The summed E-state index contributed by atoms with van der Waals surface area (Å²) >= 11 is 0. The highest BCUT2D eigenvalue weighted by Gasteiger charge is 2.59. The topological polar surface area (TPSA) is 28.9 Å². The highest BCUT2D eigenvalue weighted by Crippen LogP contribution is 2.61. The molecule has 13 rings (SSSR count). The largest absolute Gasteiger partial charge is 0.504 e. The van der Waals surface area contributed by atoms with E-state index < -0.39 is 5.41 Å². The molecule has 0 saturated heterocycles. The Bertz CT molecular complexity index is 3320. The van der Waals surface area contributed by atoms with E-state index in [1.165, 1.54) is 88.8 Å². The molecule has 0 atom stereocenters. The standard InChI is InChI=1S/C59H53BN2O2/c1-35-29-48-52-49(30-35)62(39-25-22-38(23-26-39)56(2,3)4)53-55(63-34-59(53)44-19-13-11-17-41(44)42-18-12-14-20-45(42)59)60(52)46-33-50-43(51-54(64-50)58(7,8)28-27-57(51,5)6)32-47(46)61(48)40-24-21-36-15-9-10-16-37(36)31-40/h9-26,29-33H,27-28,34H2,1-8H3. The van der Waals surface area contributed by atoms with Crippen LogP contribution in [0.3, 0.4) is 0 Å². The third-order valence-corrected chi connectivity index (χ3v) is 15.7. The lowest BCUT2D eigenvalue weighted by Crippen LogP contribution is -2.56. The first-order valence-electron chi connectivity index (χ1n) is 23.3. The van der Waals surface area contributed by atoms with Gasteiger partial charge < -0.3 is 19.0 Å². The van der Waals surface area contributed by atoms with Crippen molar-refractivity contribution in [2.45, 2.75) is 89.9 Å². The molecule has 314 valence electrons. The smallest absolute Gasteiger partial charge is 0.296 e. The monoisotopic (exact) mass is 832 g/mol. The molecule has 0 radical (unpaired) electrons. The Morgan fingerprint density at radius 3 is 1.94 bits per heavy atom. The number of hydrogen-bond donors (Lipinski definition) is 0. The lowest BCUT2D eigenvalue weighted by atomic mass is 9.35. The quantitative estimate of drug-likeness (QED) is 0.162. The number of anilines is 5. The predicted molar refractivity (Wildman–Crippen MR) is 266 cm³/mol. The van der Waals surface area contributed by atoms with Gasteiger partial charge >= 0.3 is 0 Å². The number of furan rings is 1. The summed E-state index contributed by atoms with van der Waals surface area (Å²) in [5.41, 5.74) is 20.0. The Labute approximate surface area is 377 Å². The fourth-order valence-corrected chi connectivity index (χ4v) is 12.5. The van der Waals surface area contributed by atoms with Crippen molar-refractivity contribution in [2.75, 3.05) is 16.4 Å². The molecule has 0 unspecified atom stereocenters. The number of fused-ring (bicyclic) bond motifs is 13. The van der Waals surface area contributed by atoms with Crippen LogP contribution in [-0.2, 0) is 26.4 Å². The van der Waals surface area contributed by atoms with E-state index in [0.29, 0.717) is 6.61 Å². The first-order chi connectivity index (χ1) is 30.7. The second-order valence-corrected chi connectivity index (χ2v) is 21.6. The molecule has 4 heterocycles. The van der Waals surface area contributed by atoms with Crippen LogP contribution in [0, 0.1) is 6.92 Å². The average molecular weight is 833 g/mol. The fourth-order valence-electron chi connectivity index (χ4n) is 12.5. The Morgan fingerprint density at radius 2 is 1.23 bits per heavy atom. The number of ether oxygens (including phenoxy) is 1. The van der Waals surface area contributed by atoms with Crippen molar-refractivity contribution in [3.8, 4) is 11.1 Å². The molecule has 0 saturated carbocycles. The molecule has 7 aromatic carbocycles. The predicted octanol–water partition coefficient (Wildman–Crippen LogP) is 13.8. The van der Waals surface area contributed by atoms with Crippen molar-refractivity contribution < 1.29 is 9.15 Å². The molecule has 0 fully saturated rings. The first kappa shape index (κ1) is 38.0. The van der Waals surface area contributed by atoms with Crippen molar-refractivity contribution in [1.82, 2.24) is 0 Å². The minimum Gasteiger partial charge on any atom is -0.504 e. The summed E-state index contributed by atoms with van der Waals surface area (Å²) in [7, 11) is 0. The second-order valence-electron chi connectivity index (χ2n) is 21.6. The zero-order valence-electron chi connectivity index (χ0n) is 38.2. The molecule has 4 nitrogen and oxygen atoms in total. The summed E-state index contributed by atoms with van der Waals surface area (Å²) in [5.74, 6) is 1.14. The van der Waals surface area contributed by atoms with Crippen LogP contribution in [0.15, 0.2) is 155 Å². The molecule has 5 heteroatoms. The van der Waals surface area contributed by atoms with Gasteiger partial charge in [0, 0.05) is 44.8 Å². The van der Waals surface area contributed by atoms with E-state index in [2.05, 4.69) is 205 Å². The zero-order valence-corrected chi connectivity index (χ0v) is 38.2. The van der Waals surface area contributed by atoms with Crippen molar-refractivity contribution in [2.24, 2.45) is 0 Å². The summed E-state index contributed by atoms with van der Waals surface area (Å²) < 4.78 is 14.7. The van der Waals surface area contributed by atoms with E-state index in [1.54, 1.807) is 0 Å². The Morgan fingerprint density at radius 1 is 0.609 bits per heavy atom. The van der Waals surface area contributed by atoms with E-state index in [4.69, 9.17) is 9.15 Å². The average Bonchev–Trinajstić information content (AvgIpc) is 3.96. The summed E-state index contributed by atoms with van der Waals surface area (Å²) in [6.45, 7) is 19.0. The Balaban J connectivity index is 1.16. The highest BCUT2D eigenvalue weighted by atomic mass is 16.5. The molecule has 0 N–H and O–H groups in total. The van der Waals surface area contributed by atoms with Gasteiger partial charge in [-0.2, -0.15) is 0 Å². The summed E-state index contributed by atoms with van der Waals surface area (Å²) in [5, 5.41) is 3.68. The van der Waals surface area contributed by atoms with E-state index in [-0.39, 0.29) is 23.0 Å². The van der Waals surface area contributed by atoms with Crippen molar-refractivity contribution in [3.63, 3.8) is 0 Å². The van der Waals surface area contributed by atoms with Gasteiger partial charge in [-0.05, 0) is 134 Å². The minimum absolute atomic E-state index is 0.0182. The lowest BCUT2D eigenvalue weighted by Gasteiger charge is -2.45. The van der Waals surface area contributed by atoms with Crippen LogP contribution < -0.4 is 20.7 Å². The van der Waals surface area contributed by atoms with E-state index in [0.717, 1.165) is 41.2 Å². The third kappa shape index (κ3) is 4.96. The Hall–Kier alpha value is -6.46. The molecule has 0 amide bonds. The summed E-state index contributed by atoms with van der Waals surface area (Å²) in [6, 6.07) is 52.9. The Kier molecular flexibility index (Phi) is 7.51. The number of benzene rings is 7. The maximum Gasteiger partial charge on any atom is 0.296 e. The van der Waals surface area contributed by atoms with Crippen LogP contribution in [0.25, 0.3) is 32.9 Å². The van der Waals surface area contributed by atoms with Gasteiger partial charge in [0.2, 0.25) is 0 Å². The van der Waals surface area contributed by atoms with Crippen LogP contribution in [-0.4, -0.2) is 13.3 Å². The molecular formula is C59H53BN2O2. The van der Waals surface area contributed by atoms with Crippen LogP contribution >= 0.6 is 0 Å². The van der Waals surface area contributed by atoms with Gasteiger partial charge in [-0.25, -0.2) is 0 Å². The fraction of sp³-hybridized carbons (Fsp3) is 0.254. The van der Waals surface area contributed by atoms with Crippen LogP contribution in [0.2, 0.25) is 0 Å². The number of aryl methyl sites for hydroxylation is 1. The molecule has 8 aromatic rings. The van der Waals surface area contributed by atoms with Gasteiger partial charge in [-0.3, -0.25) is 0 Å². The molecule has 64 heavy (non-hydrogen) atoms. The van der Waals surface area contributed by atoms with Crippen molar-refractivity contribution in [3.05, 3.63) is 184 Å². The van der Waals surface area contributed by atoms with Crippen molar-refractivity contribution >= 4 is 67.8 Å². The van der Waals surface area contributed by atoms with Gasteiger partial charge in [0.25, 0.3) is 6.71 Å². The van der Waals surface area contributed by atoms with E-state index >= 15 is 0 Å². The number of nitrogens with zero attached hydrogens (tertiary/aromatic N) is 2. The first-order valence-corrected chi connectivity index (χ1v) is 23.3. The molecular weight excluding hydrogens is 779 g/mol. The maximum absolute atomic E-state index is 7.52. The van der Waals surface area contributed by atoms with Crippen LogP contribution in [0.4, 0.5) is 28.4 Å². The molecule has 5 aliphatic rings. The van der Waals surface area contributed by atoms with Gasteiger partial charge in [-0.1, -0.05) is 139 Å². The summed E-state index contributed by atoms with van der Waals surface area (Å²) in [4.78, 5) is 5.15. The van der Waals surface area contributed by atoms with Crippen molar-refractivity contribution in [1.29, 1.82) is 0 Å². The zero-order chi connectivity index (χ0) is 43.7. The second kappa shape index (κ2) is 12.6. The normalized spacial score (nSPS) is 18.2. The minimum atomic E-state index is -0.537. The molecule has 1 spiro atoms. The van der Waals surface area contributed by atoms with Gasteiger partial charge in [0.05, 0.1) is 16.8 Å². The maximum atomic E-state index is 7.52. The molecule has 0 bridgehead atoms. The van der Waals surface area contributed by atoms with E-state index in [1.807, 2.05) is 0 Å². The van der Waals surface area contributed by atoms with Gasteiger partial charge in [0.15, 0.2) is 0 Å². The van der Waals surface area contributed by atoms with Gasteiger partial charge in [-0.15, -0.1) is 0 Å². The molecule has 3 aliphatic heterocycles. The number of hydrogen-bond acceptors (Lipinski definition) is 4. The summed E-state index contributed by atoms with van der Waals surface area (Å²) in [6.07, 6.45) is 2.21. The van der Waals surface area contributed by atoms with Crippen LogP contribution in [0.5, 0.6) is 0 Å². The third-order valence-electron chi connectivity index (χ3n) is 15.7. The molecule has 2 aliphatic carbocycles. The van der Waals surface area contributed by atoms with E-state index in [9.17, 15) is 0 Å². The van der Waals surface area contributed by atoms with Crippen LogP contribution in [0.1, 0.15) is 94.9 Å². The van der Waals surface area contributed by atoms with Gasteiger partial charge in [0.1, 0.15) is 18.0 Å².